The Morgan fingerprint density at radius 1 is 0.879 bits per heavy atom. The Balaban J connectivity index is 2.02. The fourth-order valence-corrected chi connectivity index (χ4v) is 4.62. The molecule has 1 rings (SSSR count). The average Bonchev–Trinajstić information content (AvgIpc) is 3.25. The van der Waals surface area contributed by atoms with Gasteiger partial charge in [-0.05, 0) is 65.7 Å². The molecular formula is C29H54O4. The van der Waals surface area contributed by atoms with Crippen molar-refractivity contribution in [3.8, 4) is 0 Å². The molecule has 0 saturated carbocycles. The molecule has 194 valence electrons. The Kier molecular flexibility index (Phi) is 17.8. The minimum absolute atomic E-state index is 0.0459. The van der Waals surface area contributed by atoms with Crippen LogP contribution in [0.25, 0.3) is 0 Å². The van der Waals surface area contributed by atoms with Gasteiger partial charge in [0.25, 0.3) is 0 Å². The monoisotopic (exact) mass is 466 g/mol. The van der Waals surface area contributed by atoms with Gasteiger partial charge in [-0.15, -0.1) is 0 Å². The summed E-state index contributed by atoms with van der Waals surface area (Å²) in [4.78, 5) is 12.6. The molecule has 1 aliphatic rings. The van der Waals surface area contributed by atoms with Crippen LogP contribution in [0, 0.1) is 5.41 Å². The van der Waals surface area contributed by atoms with E-state index in [9.17, 15) is 4.79 Å². The van der Waals surface area contributed by atoms with Gasteiger partial charge in [0.1, 0.15) is 0 Å². The summed E-state index contributed by atoms with van der Waals surface area (Å²) in [5.74, 6) is -0.130. The van der Waals surface area contributed by atoms with Gasteiger partial charge in [-0.3, -0.25) is 4.79 Å². The molecule has 0 spiro atoms. The smallest absolute Gasteiger partial charge is 0.314 e. The lowest BCUT2D eigenvalue weighted by Crippen LogP contribution is -2.41. The van der Waals surface area contributed by atoms with E-state index in [1.165, 1.54) is 64.2 Å². The fourth-order valence-electron chi connectivity index (χ4n) is 4.62. The summed E-state index contributed by atoms with van der Waals surface area (Å²) in [6.07, 6.45) is 24.1. The van der Waals surface area contributed by atoms with Crippen LogP contribution in [0.1, 0.15) is 130 Å². The van der Waals surface area contributed by atoms with Crippen molar-refractivity contribution in [2.24, 2.45) is 5.41 Å². The number of ether oxygens (including phenoxy) is 3. The number of carbonyl (C=O) groups excluding carboxylic acids is 1. The molecule has 0 amide bonds. The van der Waals surface area contributed by atoms with Crippen LogP contribution >= 0.6 is 0 Å². The fraction of sp³-hybridized carbons (Fsp3) is 0.897. The van der Waals surface area contributed by atoms with Gasteiger partial charge in [-0.1, -0.05) is 76.9 Å². The number of unbranched alkanes of at least 4 members (excludes halogenated alkanes) is 11. The molecule has 0 radical (unpaired) electrons. The number of allylic oxidation sites excluding steroid dienone is 2. The number of rotatable bonds is 21. The Morgan fingerprint density at radius 3 is 2.06 bits per heavy atom. The molecule has 1 saturated heterocycles. The molecule has 4 nitrogen and oxygen atoms in total. The molecule has 0 N–H and O–H groups in total. The van der Waals surface area contributed by atoms with Gasteiger partial charge >= 0.3 is 5.97 Å². The van der Waals surface area contributed by atoms with E-state index in [2.05, 4.69) is 26.0 Å². The van der Waals surface area contributed by atoms with Gasteiger partial charge < -0.3 is 14.2 Å². The van der Waals surface area contributed by atoms with Crippen molar-refractivity contribution in [3.63, 3.8) is 0 Å². The maximum absolute atomic E-state index is 12.6. The second-order valence-electron chi connectivity index (χ2n) is 10.1. The number of esters is 1. The van der Waals surface area contributed by atoms with E-state index >= 15 is 0 Å². The van der Waals surface area contributed by atoms with Gasteiger partial charge in [0, 0.05) is 13.2 Å². The van der Waals surface area contributed by atoms with Gasteiger partial charge in [0.15, 0.2) is 0 Å². The van der Waals surface area contributed by atoms with Crippen LogP contribution in [0.2, 0.25) is 0 Å². The van der Waals surface area contributed by atoms with E-state index in [0.717, 1.165) is 45.3 Å². The van der Waals surface area contributed by atoms with Crippen LogP contribution in [0.3, 0.4) is 0 Å². The van der Waals surface area contributed by atoms with E-state index in [4.69, 9.17) is 14.2 Å². The first-order valence-corrected chi connectivity index (χ1v) is 14.1. The van der Waals surface area contributed by atoms with Crippen molar-refractivity contribution in [2.45, 2.75) is 143 Å². The van der Waals surface area contributed by atoms with Crippen molar-refractivity contribution >= 4 is 5.97 Å². The van der Waals surface area contributed by atoms with Gasteiger partial charge in [0.05, 0.1) is 24.2 Å². The van der Waals surface area contributed by atoms with Crippen LogP contribution in [-0.4, -0.2) is 38.0 Å². The predicted octanol–water partition coefficient (Wildman–Crippen LogP) is 8.18. The Morgan fingerprint density at radius 2 is 1.48 bits per heavy atom. The zero-order valence-electron chi connectivity index (χ0n) is 22.4. The largest absolute Gasteiger partial charge is 0.465 e. The van der Waals surface area contributed by atoms with Crippen LogP contribution in [0.4, 0.5) is 0 Å². The number of hydrogen-bond donors (Lipinski definition) is 0. The summed E-state index contributed by atoms with van der Waals surface area (Å²) < 4.78 is 17.2. The lowest BCUT2D eigenvalue weighted by Gasteiger charge is -2.32. The second-order valence-corrected chi connectivity index (χ2v) is 10.1. The van der Waals surface area contributed by atoms with E-state index < -0.39 is 5.41 Å². The molecular weight excluding hydrogens is 412 g/mol. The zero-order chi connectivity index (χ0) is 24.2. The maximum Gasteiger partial charge on any atom is 0.314 e. The van der Waals surface area contributed by atoms with E-state index in [0.29, 0.717) is 13.0 Å². The Bertz CT molecular complexity index is 504. The topological polar surface area (TPSA) is 44.8 Å². The second kappa shape index (κ2) is 19.4. The molecule has 3 atom stereocenters. The lowest BCUT2D eigenvalue weighted by molar-refractivity contribution is -0.163. The highest BCUT2D eigenvalue weighted by atomic mass is 16.5. The molecule has 0 bridgehead atoms. The first-order valence-electron chi connectivity index (χ1n) is 14.1. The van der Waals surface area contributed by atoms with Crippen molar-refractivity contribution in [2.75, 3.05) is 19.8 Å². The first kappa shape index (κ1) is 30.2. The van der Waals surface area contributed by atoms with Crippen LogP contribution < -0.4 is 0 Å². The van der Waals surface area contributed by atoms with Gasteiger partial charge in [0.2, 0.25) is 0 Å². The van der Waals surface area contributed by atoms with Gasteiger partial charge in [-0.25, -0.2) is 0 Å². The predicted molar refractivity (Wildman–Crippen MR) is 139 cm³/mol. The number of carbonyl (C=O) groups is 1. The molecule has 0 unspecified atom stereocenters. The van der Waals surface area contributed by atoms with E-state index in [1.807, 2.05) is 13.8 Å². The minimum Gasteiger partial charge on any atom is -0.465 e. The third-order valence-electron chi connectivity index (χ3n) is 6.94. The van der Waals surface area contributed by atoms with Crippen molar-refractivity contribution < 1.29 is 19.0 Å². The maximum atomic E-state index is 12.6. The number of hydrogen-bond acceptors (Lipinski definition) is 4. The standard InChI is InChI=1S/C29H54O4/c1-5-7-8-9-10-11-12-13-16-19-24-31-25-20-17-14-15-18-23-29(4,28(30)32-6-2)27-22-21-26(3)33-27/h15,18,26-27H,5-14,16-17,19-25H2,1-4H3/b18-15+/t26-,27-,29+/m0/s1. The van der Waals surface area contributed by atoms with Crippen molar-refractivity contribution in [1.82, 2.24) is 0 Å². The summed E-state index contributed by atoms with van der Waals surface area (Å²) in [5.41, 5.74) is -0.588. The average molecular weight is 467 g/mol. The third-order valence-corrected chi connectivity index (χ3v) is 6.94. The van der Waals surface area contributed by atoms with Crippen LogP contribution in [0.5, 0.6) is 0 Å². The molecule has 0 aromatic rings. The Hall–Kier alpha value is -0.870. The molecule has 0 aromatic carbocycles. The summed E-state index contributed by atoms with van der Waals surface area (Å²) in [6.45, 7) is 10.4. The zero-order valence-corrected chi connectivity index (χ0v) is 22.4. The van der Waals surface area contributed by atoms with Crippen LogP contribution in [-0.2, 0) is 19.0 Å². The molecule has 0 aliphatic carbocycles. The normalized spacial score (nSPS) is 20.4. The molecule has 1 heterocycles. The third kappa shape index (κ3) is 13.6. The lowest BCUT2D eigenvalue weighted by atomic mass is 9.79. The summed E-state index contributed by atoms with van der Waals surface area (Å²) >= 11 is 0. The molecule has 1 aliphatic heterocycles. The van der Waals surface area contributed by atoms with E-state index in [1.54, 1.807) is 0 Å². The minimum atomic E-state index is -0.588. The molecule has 4 heteroatoms. The van der Waals surface area contributed by atoms with Gasteiger partial charge in [-0.2, -0.15) is 0 Å². The Labute approximate surface area is 205 Å². The summed E-state index contributed by atoms with van der Waals surface area (Å²) in [5, 5.41) is 0. The molecule has 1 fully saturated rings. The quantitative estimate of drug-likeness (QED) is 0.0971. The SMILES string of the molecule is CCCCCCCCCCCCOCCCC/C=C/C[C@@](C)(C(=O)OCC)[C@@H]1CC[C@H](C)O1. The van der Waals surface area contributed by atoms with Crippen molar-refractivity contribution in [1.29, 1.82) is 0 Å². The highest BCUT2D eigenvalue weighted by Gasteiger charge is 2.45. The van der Waals surface area contributed by atoms with Crippen LogP contribution in [0.15, 0.2) is 12.2 Å². The molecule has 0 aromatic heterocycles. The summed E-state index contributed by atoms with van der Waals surface area (Å²) in [7, 11) is 0. The first-order chi connectivity index (χ1) is 16.0. The highest BCUT2D eigenvalue weighted by molar-refractivity contribution is 5.77. The highest BCUT2D eigenvalue weighted by Crippen LogP contribution is 2.38. The van der Waals surface area contributed by atoms with E-state index in [-0.39, 0.29) is 18.2 Å². The van der Waals surface area contributed by atoms with Crippen molar-refractivity contribution in [3.05, 3.63) is 12.2 Å². The molecule has 33 heavy (non-hydrogen) atoms. The summed E-state index contributed by atoms with van der Waals surface area (Å²) in [6, 6.07) is 0.